The molecule has 7 heteroatoms. The van der Waals surface area contributed by atoms with E-state index in [9.17, 15) is 23.5 Å². The van der Waals surface area contributed by atoms with Gasteiger partial charge in [0.05, 0.1) is 16.0 Å². The topological polar surface area (TPSA) is 66.4 Å². The molecule has 0 saturated heterocycles. The van der Waals surface area contributed by atoms with Crippen LogP contribution in [0.2, 0.25) is 5.02 Å². The number of carboxylic acid groups (broad SMARTS) is 1. The fourth-order valence-corrected chi connectivity index (χ4v) is 2.71. The molecular weight excluding hydrogens is 304 g/mol. The van der Waals surface area contributed by atoms with Crippen LogP contribution in [0.5, 0.6) is 0 Å². The zero-order chi connectivity index (χ0) is 15.6. The Hall–Kier alpha value is -1.69. The summed E-state index contributed by atoms with van der Waals surface area (Å²) in [6.45, 7) is -0.106. The molecule has 21 heavy (non-hydrogen) atoms. The van der Waals surface area contributed by atoms with Crippen LogP contribution >= 0.6 is 11.6 Å². The molecule has 114 valence electrons. The van der Waals surface area contributed by atoms with Crippen LogP contribution in [0, 0.1) is 17.0 Å². The first-order valence-electron chi connectivity index (χ1n) is 6.52. The molecule has 0 radical (unpaired) electrons. The number of rotatable bonds is 4. The zero-order valence-electron chi connectivity index (χ0n) is 11.1. The van der Waals surface area contributed by atoms with Gasteiger partial charge in [-0.25, -0.2) is 8.78 Å². The molecular formula is C14H14ClF2NO3. The lowest BCUT2D eigenvalue weighted by molar-refractivity contribution is -0.148. The minimum Gasteiger partial charge on any atom is -0.481 e. The van der Waals surface area contributed by atoms with Crippen LogP contribution in [0.3, 0.4) is 0 Å². The first-order chi connectivity index (χ1) is 9.85. The summed E-state index contributed by atoms with van der Waals surface area (Å²) in [6, 6.07) is 1.42. The molecule has 0 bridgehead atoms. The molecule has 0 aliphatic heterocycles. The van der Waals surface area contributed by atoms with Crippen molar-refractivity contribution >= 4 is 23.5 Å². The van der Waals surface area contributed by atoms with Gasteiger partial charge in [-0.15, -0.1) is 0 Å². The number of carboxylic acids is 1. The van der Waals surface area contributed by atoms with Crippen LogP contribution in [0.25, 0.3) is 0 Å². The Bertz CT molecular complexity index is 586. The molecule has 1 fully saturated rings. The number of hydrogen-bond acceptors (Lipinski definition) is 2. The molecule has 1 aromatic rings. The number of amides is 1. The van der Waals surface area contributed by atoms with Gasteiger partial charge in [0.1, 0.15) is 11.6 Å². The van der Waals surface area contributed by atoms with E-state index in [2.05, 4.69) is 5.32 Å². The Morgan fingerprint density at radius 1 is 1.24 bits per heavy atom. The molecule has 0 unspecified atom stereocenters. The number of carbonyl (C=O) groups is 2. The summed E-state index contributed by atoms with van der Waals surface area (Å²) in [4.78, 5) is 23.2. The zero-order valence-corrected chi connectivity index (χ0v) is 11.8. The fourth-order valence-electron chi connectivity index (χ4n) is 2.56. The number of carbonyl (C=O) groups excluding carboxylic acids is 1. The third kappa shape index (κ3) is 3.15. The van der Waals surface area contributed by atoms with Gasteiger partial charge in [-0.05, 0) is 25.0 Å². The fraction of sp³-hybridized carbons (Fsp3) is 0.429. The van der Waals surface area contributed by atoms with Crippen LogP contribution < -0.4 is 5.32 Å². The molecule has 4 nitrogen and oxygen atoms in total. The van der Waals surface area contributed by atoms with Crippen molar-refractivity contribution in [1.82, 2.24) is 5.32 Å². The smallest absolute Gasteiger partial charge is 0.311 e. The lowest BCUT2D eigenvalue weighted by atomic mass is 9.86. The van der Waals surface area contributed by atoms with Crippen LogP contribution in [-0.4, -0.2) is 23.5 Å². The van der Waals surface area contributed by atoms with Crippen molar-refractivity contribution in [2.24, 2.45) is 5.41 Å². The van der Waals surface area contributed by atoms with E-state index in [0.717, 1.165) is 12.8 Å². The van der Waals surface area contributed by atoms with E-state index in [1.165, 1.54) is 0 Å². The SMILES string of the molecule is O=C(NCC1(C(=O)O)CCCC1)c1cc(F)c(Cl)cc1F. The van der Waals surface area contributed by atoms with Gasteiger partial charge in [0.2, 0.25) is 0 Å². The van der Waals surface area contributed by atoms with Crippen molar-refractivity contribution in [3.05, 3.63) is 34.4 Å². The van der Waals surface area contributed by atoms with Crippen molar-refractivity contribution < 1.29 is 23.5 Å². The third-order valence-corrected chi connectivity index (χ3v) is 4.15. The van der Waals surface area contributed by atoms with Crippen LogP contribution in [0.1, 0.15) is 36.0 Å². The molecule has 2 N–H and O–H groups in total. The Labute approximate surface area is 125 Å². The summed E-state index contributed by atoms with van der Waals surface area (Å²) in [6.07, 6.45) is 2.46. The maximum Gasteiger partial charge on any atom is 0.311 e. The van der Waals surface area contributed by atoms with Gasteiger partial charge in [-0.3, -0.25) is 9.59 Å². The summed E-state index contributed by atoms with van der Waals surface area (Å²) in [5, 5.41) is 11.2. The predicted molar refractivity (Wildman–Crippen MR) is 72.2 cm³/mol. The Balaban J connectivity index is 2.12. The number of halogens is 3. The quantitative estimate of drug-likeness (QED) is 0.839. The van der Waals surface area contributed by atoms with Gasteiger partial charge in [-0.2, -0.15) is 0 Å². The number of nitrogens with one attached hydrogen (secondary N) is 1. The van der Waals surface area contributed by atoms with E-state index >= 15 is 0 Å². The second-order valence-electron chi connectivity index (χ2n) is 5.22. The third-order valence-electron chi connectivity index (χ3n) is 3.86. The van der Waals surface area contributed by atoms with Crippen LogP contribution in [0.15, 0.2) is 12.1 Å². The van der Waals surface area contributed by atoms with Crippen molar-refractivity contribution in [3.63, 3.8) is 0 Å². The van der Waals surface area contributed by atoms with Gasteiger partial charge >= 0.3 is 5.97 Å². The normalized spacial score (nSPS) is 16.7. The Kier molecular flexibility index (Phi) is 4.46. The minimum atomic E-state index is -1.02. The van der Waals surface area contributed by atoms with Gasteiger partial charge in [0, 0.05) is 6.54 Å². The molecule has 0 spiro atoms. The molecule has 0 aromatic heterocycles. The molecule has 1 amide bonds. The van der Waals surface area contributed by atoms with Gasteiger partial charge < -0.3 is 10.4 Å². The highest BCUT2D eigenvalue weighted by Gasteiger charge is 2.41. The van der Waals surface area contributed by atoms with Gasteiger partial charge in [0.25, 0.3) is 5.91 Å². The van der Waals surface area contributed by atoms with Crippen molar-refractivity contribution in [2.75, 3.05) is 6.54 Å². The van der Waals surface area contributed by atoms with E-state index in [1.54, 1.807) is 0 Å². The maximum atomic E-state index is 13.6. The number of benzene rings is 1. The summed E-state index contributed by atoms with van der Waals surface area (Å²) in [5.41, 5.74) is -1.51. The highest BCUT2D eigenvalue weighted by molar-refractivity contribution is 6.30. The molecule has 1 aliphatic rings. The first kappa shape index (κ1) is 15.7. The highest BCUT2D eigenvalue weighted by atomic mass is 35.5. The van der Waals surface area contributed by atoms with Gasteiger partial charge in [-0.1, -0.05) is 24.4 Å². The lowest BCUT2D eigenvalue weighted by Gasteiger charge is -2.24. The molecule has 1 saturated carbocycles. The standard InChI is InChI=1S/C14H14ClF2NO3/c15-9-6-10(16)8(5-11(9)17)12(19)18-7-14(13(20)21)3-1-2-4-14/h5-6H,1-4,7H2,(H,18,19)(H,20,21). The monoisotopic (exact) mass is 317 g/mol. The Morgan fingerprint density at radius 2 is 1.86 bits per heavy atom. The minimum absolute atomic E-state index is 0.106. The summed E-state index contributed by atoms with van der Waals surface area (Å²) in [5.74, 6) is -3.69. The van der Waals surface area contributed by atoms with E-state index in [0.29, 0.717) is 25.0 Å². The second kappa shape index (κ2) is 5.97. The molecule has 0 heterocycles. The van der Waals surface area contributed by atoms with Crippen LogP contribution in [0.4, 0.5) is 8.78 Å². The number of aliphatic carboxylic acids is 1. The molecule has 1 aliphatic carbocycles. The second-order valence-corrected chi connectivity index (χ2v) is 5.63. The summed E-state index contributed by atoms with van der Waals surface area (Å²) < 4.78 is 26.9. The van der Waals surface area contributed by atoms with E-state index in [-0.39, 0.29) is 6.54 Å². The van der Waals surface area contributed by atoms with Crippen molar-refractivity contribution in [1.29, 1.82) is 0 Å². The molecule has 1 aromatic carbocycles. The largest absolute Gasteiger partial charge is 0.481 e. The van der Waals surface area contributed by atoms with E-state index in [4.69, 9.17) is 11.6 Å². The lowest BCUT2D eigenvalue weighted by Crippen LogP contribution is -2.41. The van der Waals surface area contributed by atoms with Gasteiger partial charge in [0.15, 0.2) is 0 Å². The average Bonchev–Trinajstić information content (AvgIpc) is 2.90. The van der Waals surface area contributed by atoms with Crippen LogP contribution in [-0.2, 0) is 4.79 Å². The average molecular weight is 318 g/mol. The first-order valence-corrected chi connectivity index (χ1v) is 6.90. The van der Waals surface area contributed by atoms with E-state index < -0.39 is 39.5 Å². The Morgan fingerprint density at radius 3 is 2.43 bits per heavy atom. The predicted octanol–water partition coefficient (Wildman–Crippen LogP) is 2.99. The highest BCUT2D eigenvalue weighted by Crippen LogP contribution is 2.37. The summed E-state index contributed by atoms with van der Waals surface area (Å²) in [7, 11) is 0. The molecule has 2 rings (SSSR count). The van der Waals surface area contributed by atoms with E-state index in [1.807, 2.05) is 0 Å². The van der Waals surface area contributed by atoms with Crippen molar-refractivity contribution in [3.8, 4) is 0 Å². The molecule has 0 atom stereocenters. The van der Waals surface area contributed by atoms with Crippen molar-refractivity contribution in [2.45, 2.75) is 25.7 Å². The maximum absolute atomic E-state index is 13.6. The number of hydrogen-bond donors (Lipinski definition) is 2. The summed E-state index contributed by atoms with van der Waals surface area (Å²) >= 11 is 5.41.